The second kappa shape index (κ2) is 20.5. The SMILES string of the molecule is O=C(/C=N/N(c1ccccc1)c1ccccc1)O[C@H]1[C@@H](OCc2ccccc2)[C@H](OCc2ccccc2)[C@@H](COCc2ccccc2)O[C@@H]1[Se]c1ccccc1. The first-order valence-electron chi connectivity index (χ1n) is 18.6. The van der Waals surface area contributed by atoms with Crippen LogP contribution in [0.4, 0.5) is 11.4 Å². The molecule has 6 aromatic rings. The maximum absolute atomic E-state index is 14.0. The summed E-state index contributed by atoms with van der Waals surface area (Å²) in [5.74, 6) is -0.627. The quantitative estimate of drug-likeness (QED) is 0.0402. The molecule has 9 heteroatoms. The van der Waals surface area contributed by atoms with Crippen molar-refractivity contribution < 1.29 is 28.5 Å². The first kappa shape index (κ1) is 38.9. The van der Waals surface area contributed by atoms with E-state index in [-0.39, 0.29) is 28.2 Å². The van der Waals surface area contributed by atoms with E-state index in [1.165, 1.54) is 6.21 Å². The first-order valence-corrected chi connectivity index (χ1v) is 20.5. The van der Waals surface area contributed by atoms with E-state index in [4.69, 9.17) is 23.7 Å². The van der Waals surface area contributed by atoms with Gasteiger partial charge < -0.3 is 0 Å². The molecule has 0 unspecified atom stereocenters. The number of carbonyl (C=O) groups is 1. The first-order chi connectivity index (χ1) is 27.7. The van der Waals surface area contributed by atoms with Crippen molar-refractivity contribution in [3.63, 3.8) is 0 Å². The summed E-state index contributed by atoms with van der Waals surface area (Å²) in [4.78, 5) is 14.0. The molecule has 8 nitrogen and oxygen atoms in total. The molecule has 0 bridgehead atoms. The fraction of sp³-hybridized carbons (Fsp3) is 0.191. The van der Waals surface area contributed by atoms with E-state index >= 15 is 0 Å². The van der Waals surface area contributed by atoms with Crippen LogP contribution in [-0.2, 0) is 48.3 Å². The topological polar surface area (TPSA) is 78.8 Å². The molecule has 0 spiro atoms. The number of benzene rings is 6. The molecular formula is C47H44N2O6Se. The number of hydrazone groups is 1. The predicted octanol–water partition coefficient (Wildman–Crippen LogP) is 7.86. The molecule has 0 aromatic heterocycles. The van der Waals surface area contributed by atoms with E-state index in [2.05, 4.69) is 17.2 Å². The van der Waals surface area contributed by atoms with Crippen LogP contribution in [0.1, 0.15) is 16.7 Å². The minimum absolute atomic E-state index is 0.242. The third-order valence-electron chi connectivity index (χ3n) is 9.08. The van der Waals surface area contributed by atoms with E-state index in [1.54, 1.807) is 5.01 Å². The van der Waals surface area contributed by atoms with Crippen molar-refractivity contribution in [1.82, 2.24) is 0 Å². The van der Waals surface area contributed by atoms with Crippen LogP contribution in [0.2, 0.25) is 0 Å². The van der Waals surface area contributed by atoms with Gasteiger partial charge in [0.25, 0.3) is 0 Å². The van der Waals surface area contributed by atoms with Crippen LogP contribution in [0.5, 0.6) is 0 Å². The van der Waals surface area contributed by atoms with Gasteiger partial charge in [-0.1, -0.05) is 0 Å². The molecule has 0 amide bonds. The maximum atomic E-state index is 14.0. The van der Waals surface area contributed by atoms with E-state index in [0.717, 1.165) is 32.5 Å². The molecule has 1 aliphatic rings. The van der Waals surface area contributed by atoms with Crippen molar-refractivity contribution in [2.45, 2.75) is 49.2 Å². The third-order valence-corrected chi connectivity index (χ3v) is 11.5. The number of rotatable bonds is 17. The third kappa shape index (κ3) is 11.1. The van der Waals surface area contributed by atoms with Gasteiger partial charge in [-0.25, -0.2) is 0 Å². The summed E-state index contributed by atoms with van der Waals surface area (Å²) >= 11 is -0.292. The van der Waals surface area contributed by atoms with Gasteiger partial charge in [0.05, 0.1) is 0 Å². The molecule has 0 N–H and O–H groups in total. The number of hydrogen-bond donors (Lipinski definition) is 0. The Balaban J connectivity index is 1.21. The van der Waals surface area contributed by atoms with Gasteiger partial charge in [-0.3, -0.25) is 0 Å². The molecule has 5 atom stereocenters. The molecule has 1 aliphatic heterocycles. The summed E-state index contributed by atoms with van der Waals surface area (Å²) in [6.07, 6.45) is -1.53. The zero-order valence-corrected chi connectivity index (χ0v) is 32.6. The molecule has 0 aliphatic carbocycles. The number of carbonyl (C=O) groups excluding carboxylic acids is 1. The molecule has 7 rings (SSSR count). The van der Waals surface area contributed by atoms with Gasteiger partial charge in [0.1, 0.15) is 0 Å². The van der Waals surface area contributed by atoms with Crippen molar-refractivity contribution in [2.24, 2.45) is 5.10 Å². The normalized spacial score (nSPS) is 19.4. The Bertz CT molecular complexity index is 2020. The summed E-state index contributed by atoms with van der Waals surface area (Å²) in [6, 6.07) is 59.5. The number of hydrogen-bond acceptors (Lipinski definition) is 8. The van der Waals surface area contributed by atoms with Crippen LogP contribution >= 0.6 is 0 Å². The second-order valence-electron chi connectivity index (χ2n) is 13.1. The Morgan fingerprint density at radius 1 is 0.571 bits per heavy atom. The predicted molar refractivity (Wildman–Crippen MR) is 220 cm³/mol. The van der Waals surface area contributed by atoms with Crippen molar-refractivity contribution in [2.75, 3.05) is 11.6 Å². The van der Waals surface area contributed by atoms with E-state index in [9.17, 15) is 4.79 Å². The van der Waals surface area contributed by atoms with Crippen LogP contribution in [0.25, 0.3) is 0 Å². The van der Waals surface area contributed by atoms with Gasteiger partial charge in [-0.2, -0.15) is 0 Å². The monoisotopic (exact) mass is 812 g/mol. The van der Waals surface area contributed by atoms with Crippen LogP contribution in [0.3, 0.4) is 0 Å². The Hall–Kier alpha value is -5.38. The molecule has 0 radical (unpaired) electrons. The Morgan fingerprint density at radius 3 is 1.54 bits per heavy atom. The summed E-state index contributed by atoms with van der Waals surface area (Å²) in [5.41, 5.74) is 4.63. The van der Waals surface area contributed by atoms with Crippen molar-refractivity contribution in [3.05, 3.63) is 199 Å². The minimum atomic E-state index is -0.842. The summed E-state index contributed by atoms with van der Waals surface area (Å²) in [6.45, 7) is 1.22. The Morgan fingerprint density at radius 2 is 1.02 bits per heavy atom. The summed E-state index contributed by atoms with van der Waals surface area (Å²) in [7, 11) is 0. The number of nitrogens with zero attached hydrogens (tertiary/aromatic N) is 2. The number of esters is 1. The van der Waals surface area contributed by atoms with Gasteiger partial charge in [0.15, 0.2) is 0 Å². The molecular weight excluding hydrogens is 767 g/mol. The fourth-order valence-corrected chi connectivity index (χ4v) is 8.71. The van der Waals surface area contributed by atoms with Crippen LogP contribution in [0.15, 0.2) is 187 Å². The van der Waals surface area contributed by atoms with Crippen molar-refractivity contribution >= 4 is 43.0 Å². The van der Waals surface area contributed by atoms with Gasteiger partial charge in [-0.15, -0.1) is 0 Å². The number of ether oxygens (including phenoxy) is 5. The zero-order valence-electron chi connectivity index (χ0n) is 30.9. The average Bonchev–Trinajstić information content (AvgIpc) is 3.26. The molecule has 1 fully saturated rings. The average molecular weight is 812 g/mol. The molecule has 56 heavy (non-hydrogen) atoms. The summed E-state index contributed by atoms with van der Waals surface area (Å²) < 4.78 is 34.4. The van der Waals surface area contributed by atoms with E-state index < -0.39 is 35.4 Å². The summed E-state index contributed by atoms with van der Waals surface area (Å²) in [5, 5.41) is 5.81. The van der Waals surface area contributed by atoms with Crippen LogP contribution in [0, 0.1) is 0 Å². The number of anilines is 2. The van der Waals surface area contributed by atoms with E-state index in [1.807, 2.05) is 170 Å². The van der Waals surface area contributed by atoms with E-state index in [0.29, 0.717) is 13.2 Å². The Labute approximate surface area is 334 Å². The second-order valence-corrected chi connectivity index (χ2v) is 15.6. The number of para-hydroxylation sites is 2. The fourth-order valence-electron chi connectivity index (χ4n) is 6.35. The zero-order chi connectivity index (χ0) is 38.2. The van der Waals surface area contributed by atoms with Gasteiger partial charge in [-0.05, 0) is 0 Å². The van der Waals surface area contributed by atoms with Crippen molar-refractivity contribution in [3.8, 4) is 0 Å². The molecule has 0 saturated carbocycles. The van der Waals surface area contributed by atoms with Crippen LogP contribution < -0.4 is 9.47 Å². The Kier molecular flexibility index (Phi) is 14.2. The molecule has 284 valence electrons. The van der Waals surface area contributed by atoms with Gasteiger partial charge >= 0.3 is 336 Å². The molecule has 1 heterocycles. The standard InChI is InChI=1S/C47H44N2O6Se/c50-43(31-48-49(39-25-13-4-14-26-39)40-27-15-5-16-28-40)55-46-45(53-34-38-23-11-3-12-24-38)44(52-33-37-21-9-2-10-22-37)42(35-51-32-36-19-7-1-8-20-36)54-47(46)56-41-29-17-6-18-30-41/h1-31,42,44-47H,32-35H2/b48-31+/t42-,44-,45+,46+,47-/m1/s1. The van der Waals surface area contributed by atoms with Crippen LogP contribution in [-0.4, -0.2) is 63.2 Å². The van der Waals surface area contributed by atoms with Crippen molar-refractivity contribution in [1.29, 1.82) is 0 Å². The van der Waals surface area contributed by atoms with Gasteiger partial charge in [0, 0.05) is 0 Å². The molecule has 1 saturated heterocycles. The molecule has 6 aromatic carbocycles. The van der Waals surface area contributed by atoms with Gasteiger partial charge in [0.2, 0.25) is 0 Å².